The number of benzene rings is 2. The van der Waals surface area contributed by atoms with Gasteiger partial charge in [-0.2, -0.15) is 0 Å². The SMILES string of the molecule is CCN(CC(=O)Nc1ccccc1OC)CC(=O)N1CCN(c2ccccc2F)CC1. The van der Waals surface area contributed by atoms with E-state index in [-0.39, 0.29) is 30.7 Å². The molecular weight excluding hydrogens is 399 g/mol. The van der Waals surface area contributed by atoms with E-state index < -0.39 is 0 Å². The van der Waals surface area contributed by atoms with Gasteiger partial charge in [-0.05, 0) is 30.8 Å². The van der Waals surface area contributed by atoms with Gasteiger partial charge < -0.3 is 19.9 Å². The molecule has 0 unspecified atom stereocenters. The first-order valence-corrected chi connectivity index (χ1v) is 10.4. The maximum Gasteiger partial charge on any atom is 0.238 e. The Morgan fingerprint density at radius 3 is 2.39 bits per heavy atom. The van der Waals surface area contributed by atoms with Crippen LogP contribution in [0.2, 0.25) is 0 Å². The first kappa shape index (κ1) is 22.6. The molecule has 0 aromatic heterocycles. The van der Waals surface area contributed by atoms with Crippen LogP contribution in [0.1, 0.15) is 6.92 Å². The van der Waals surface area contributed by atoms with Crippen molar-refractivity contribution in [3.63, 3.8) is 0 Å². The molecule has 8 heteroatoms. The molecule has 1 fully saturated rings. The normalized spacial score (nSPS) is 13.9. The fourth-order valence-corrected chi connectivity index (χ4v) is 3.62. The standard InChI is InChI=1S/C23H29FN4O3/c1-3-26(16-22(29)25-19-9-5-7-11-21(19)31-2)17-23(30)28-14-12-27(13-15-28)20-10-6-4-8-18(20)24/h4-11H,3,12-17H2,1-2H3,(H,25,29). The summed E-state index contributed by atoms with van der Waals surface area (Å²) in [7, 11) is 1.55. The van der Waals surface area contributed by atoms with E-state index in [0.717, 1.165) is 0 Å². The number of nitrogens with one attached hydrogen (secondary N) is 1. The van der Waals surface area contributed by atoms with Gasteiger partial charge in [-0.1, -0.05) is 31.2 Å². The quantitative estimate of drug-likeness (QED) is 0.700. The minimum absolute atomic E-state index is 0.0277. The zero-order chi connectivity index (χ0) is 22.2. The molecule has 1 aliphatic heterocycles. The van der Waals surface area contributed by atoms with Gasteiger partial charge in [0.15, 0.2) is 0 Å². The summed E-state index contributed by atoms with van der Waals surface area (Å²) in [5.41, 5.74) is 1.17. The van der Waals surface area contributed by atoms with Crippen molar-refractivity contribution < 1.29 is 18.7 Å². The number of hydrogen-bond donors (Lipinski definition) is 1. The van der Waals surface area contributed by atoms with Crippen LogP contribution in [0.4, 0.5) is 15.8 Å². The predicted molar refractivity (Wildman–Crippen MR) is 119 cm³/mol. The smallest absolute Gasteiger partial charge is 0.238 e. The maximum absolute atomic E-state index is 14.0. The highest BCUT2D eigenvalue weighted by molar-refractivity contribution is 5.94. The van der Waals surface area contributed by atoms with Gasteiger partial charge in [0.2, 0.25) is 11.8 Å². The molecule has 1 heterocycles. The molecule has 3 rings (SSSR count). The van der Waals surface area contributed by atoms with Crippen molar-refractivity contribution in [2.24, 2.45) is 0 Å². The van der Waals surface area contributed by atoms with Gasteiger partial charge >= 0.3 is 0 Å². The van der Waals surface area contributed by atoms with Crippen molar-refractivity contribution in [3.05, 3.63) is 54.3 Å². The van der Waals surface area contributed by atoms with E-state index in [2.05, 4.69) is 5.32 Å². The monoisotopic (exact) mass is 428 g/mol. The number of carbonyl (C=O) groups is 2. The van der Waals surface area contributed by atoms with Crippen molar-refractivity contribution in [2.75, 3.05) is 63.1 Å². The van der Waals surface area contributed by atoms with E-state index >= 15 is 0 Å². The van der Waals surface area contributed by atoms with E-state index in [1.54, 1.807) is 41.2 Å². The van der Waals surface area contributed by atoms with Crippen LogP contribution in [-0.2, 0) is 9.59 Å². The number of amides is 2. The lowest BCUT2D eigenvalue weighted by atomic mass is 10.2. The average molecular weight is 429 g/mol. The number of methoxy groups -OCH3 is 1. The highest BCUT2D eigenvalue weighted by Crippen LogP contribution is 2.23. The Labute approximate surface area is 182 Å². The van der Waals surface area contributed by atoms with Gasteiger partial charge in [-0.25, -0.2) is 4.39 Å². The third kappa shape index (κ3) is 5.95. The van der Waals surface area contributed by atoms with E-state index in [9.17, 15) is 14.0 Å². The Morgan fingerprint density at radius 1 is 1.03 bits per heavy atom. The van der Waals surface area contributed by atoms with E-state index in [1.165, 1.54) is 6.07 Å². The number of para-hydroxylation sites is 3. The highest BCUT2D eigenvalue weighted by Gasteiger charge is 2.24. The Morgan fingerprint density at radius 2 is 1.71 bits per heavy atom. The zero-order valence-corrected chi connectivity index (χ0v) is 18.0. The van der Waals surface area contributed by atoms with Crippen molar-refractivity contribution in [2.45, 2.75) is 6.92 Å². The molecule has 166 valence electrons. The van der Waals surface area contributed by atoms with Crippen LogP contribution < -0.4 is 15.0 Å². The molecule has 1 N–H and O–H groups in total. The number of rotatable bonds is 8. The lowest BCUT2D eigenvalue weighted by Gasteiger charge is -2.37. The number of likely N-dealkylation sites (N-methyl/N-ethyl adjacent to an activating group) is 1. The third-order valence-corrected chi connectivity index (χ3v) is 5.38. The second-order valence-corrected chi connectivity index (χ2v) is 7.37. The summed E-state index contributed by atoms with van der Waals surface area (Å²) in [5.74, 6) is 0.104. The van der Waals surface area contributed by atoms with Gasteiger partial charge in [-0.15, -0.1) is 0 Å². The second-order valence-electron chi connectivity index (χ2n) is 7.37. The van der Waals surface area contributed by atoms with E-state index in [4.69, 9.17) is 4.74 Å². The maximum atomic E-state index is 14.0. The van der Waals surface area contributed by atoms with Gasteiger partial charge in [0.25, 0.3) is 0 Å². The molecular formula is C23H29FN4O3. The lowest BCUT2D eigenvalue weighted by molar-refractivity contribution is -0.133. The number of nitrogens with zero attached hydrogens (tertiary/aromatic N) is 3. The summed E-state index contributed by atoms with van der Waals surface area (Å²) in [6.07, 6.45) is 0. The lowest BCUT2D eigenvalue weighted by Crippen LogP contribution is -2.52. The molecule has 1 aliphatic rings. The number of halogens is 1. The third-order valence-electron chi connectivity index (χ3n) is 5.38. The zero-order valence-electron chi connectivity index (χ0n) is 18.0. The largest absolute Gasteiger partial charge is 0.495 e. The van der Waals surface area contributed by atoms with Crippen LogP contribution in [-0.4, -0.2) is 74.5 Å². The van der Waals surface area contributed by atoms with E-state index in [0.29, 0.717) is 49.8 Å². The van der Waals surface area contributed by atoms with Crippen LogP contribution in [0.5, 0.6) is 5.75 Å². The van der Waals surface area contributed by atoms with Crippen molar-refractivity contribution in [1.82, 2.24) is 9.80 Å². The van der Waals surface area contributed by atoms with Crippen molar-refractivity contribution in [3.8, 4) is 5.75 Å². The number of anilines is 2. The van der Waals surface area contributed by atoms with E-state index in [1.807, 2.05) is 30.0 Å². The topological polar surface area (TPSA) is 65.1 Å². The molecule has 0 aliphatic carbocycles. The van der Waals surface area contributed by atoms with Crippen LogP contribution in [0.15, 0.2) is 48.5 Å². The molecule has 31 heavy (non-hydrogen) atoms. The summed E-state index contributed by atoms with van der Waals surface area (Å²) < 4.78 is 19.3. The average Bonchev–Trinajstić information content (AvgIpc) is 2.79. The minimum atomic E-state index is -0.250. The molecule has 2 amide bonds. The van der Waals surface area contributed by atoms with Gasteiger partial charge in [0.05, 0.1) is 31.6 Å². The summed E-state index contributed by atoms with van der Waals surface area (Å²) in [5, 5.41) is 2.84. The van der Waals surface area contributed by atoms with Crippen molar-refractivity contribution in [1.29, 1.82) is 0 Å². The molecule has 0 atom stereocenters. The van der Waals surface area contributed by atoms with Crippen molar-refractivity contribution >= 4 is 23.2 Å². The first-order chi connectivity index (χ1) is 15.0. The molecule has 2 aromatic rings. The predicted octanol–water partition coefficient (Wildman–Crippen LogP) is 2.44. The molecule has 7 nitrogen and oxygen atoms in total. The Kier molecular flexibility index (Phi) is 7.83. The number of piperazine rings is 1. The molecule has 2 aromatic carbocycles. The molecule has 0 saturated carbocycles. The Bertz CT molecular complexity index is 900. The van der Waals surface area contributed by atoms with Crippen LogP contribution in [0.25, 0.3) is 0 Å². The number of hydrogen-bond acceptors (Lipinski definition) is 5. The fraction of sp³-hybridized carbons (Fsp3) is 0.391. The summed E-state index contributed by atoms with van der Waals surface area (Å²) in [6, 6.07) is 13.9. The molecule has 0 spiro atoms. The van der Waals surface area contributed by atoms with Crippen LogP contribution >= 0.6 is 0 Å². The summed E-state index contributed by atoms with van der Waals surface area (Å²) >= 11 is 0. The fourth-order valence-electron chi connectivity index (χ4n) is 3.62. The van der Waals surface area contributed by atoms with Gasteiger partial charge in [-0.3, -0.25) is 14.5 Å². The molecule has 0 bridgehead atoms. The second kappa shape index (κ2) is 10.8. The minimum Gasteiger partial charge on any atom is -0.495 e. The first-order valence-electron chi connectivity index (χ1n) is 10.4. The van der Waals surface area contributed by atoms with Crippen LogP contribution in [0.3, 0.4) is 0 Å². The Balaban J connectivity index is 1.49. The summed E-state index contributed by atoms with van der Waals surface area (Å²) in [4.78, 5) is 30.8. The summed E-state index contributed by atoms with van der Waals surface area (Å²) in [6.45, 7) is 4.96. The number of ether oxygens (including phenoxy) is 1. The van der Waals surface area contributed by atoms with Gasteiger partial charge in [0, 0.05) is 26.2 Å². The molecule has 0 radical (unpaired) electrons. The van der Waals surface area contributed by atoms with Gasteiger partial charge in [0.1, 0.15) is 11.6 Å². The van der Waals surface area contributed by atoms with Crippen LogP contribution in [0, 0.1) is 5.82 Å². The number of carbonyl (C=O) groups excluding carboxylic acids is 2. The molecule has 1 saturated heterocycles. The highest BCUT2D eigenvalue weighted by atomic mass is 19.1. The Hall–Kier alpha value is -3.13.